The minimum atomic E-state index is -0.787. The molecule has 2 aromatic heterocycles. The van der Waals surface area contributed by atoms with Crippen LogP contribution in [0.2, 0.25) is 0 Å². The van der Waals surface area contributed by atoms with Gasteiger partial charge in [-0.1, -0.05) is 42.5 Å². The third kappa shape index (κ3) is 4.91. The Kier molecular flexibility index (Phi) is 6.88. The van der Waals surface area contributed by atoms with Gasteiger partial charge in [0.2, 0.25) is 0 Å². The Morgan fingerprint density at radius 3 is 2.53 bits per heavy atom. The molecule has 2 heterocycles. The Morgan fingerprint density at radius 2 is 1.76 bits per heavy atom. The number of amides is 1. The summed E-state index contributed by atoms with van der Waals surface area (Å²) in [5.74, 6) is -2.69. The molecule has 0 unspecified atom stereocenters. The zero-order valence-corrected chi connectivity index (χ0v) is 18.9. The van der Waals surface area contributed by atoms with Crippen LogP contribution in [0, 0.1) is 0 Å². The van der Waals surface area contributed by atoms with Crippen LogP contribution in [-0.2, 0) is 25.6 Å². The number of oxazole rings is 1. The summed E-state index contributed by atoms with van der Waals surface area (Å²) < 4.78 is 16.4. The zero-order valence-electron chi connectivity index (χ0n) is 18.1. The number of nitrogens with zero attached hydrogens (tertiary/aromatic N) is 1. The highest BCUT2D eigenvalue weighted by Gasteiger charge is 2.23. The third-order valence-corrected chi connectivity index (χ3v) is 5.73. The number of benzene rings is 2. The highest BCUT2D eigenvalue weighted by atomic mass is 32.1. The smallest absolute Gasteiger partial charge is 0.420 e. The lowest BCUT2D eigenvalue weighted by molar-refractivity contribution is -0.147. The van der Waals surface area contributed by atoms with E-state index in [4.69, 9.17) is 13.9 Å². The van der Waals surface area contributed by atoms with Crippen LogP contribution in [0.1, 0.15) is 17.3 Å². The van der Waals surface area contributed by atoms with E-state index >= 15 is 0 Å². The maximum atomic E-state index is 12.6. The molecule has 0 aliphatic heterocycles. The maximum absolute atomic E-state index is 12.6. The number of aromatic nitrogens is 1. The molecular formula is C24H20N2O7S. The average molecular weight is 480 g/mol. The van der Waals surface area contributed by atoms with E-state index in [0.717, 1.165) is 21.5 Å². The molecule has 1 amide bonds. The van der Waals surface area contributed by atoms with Crippen molar-refractivity contribution in [3.63, 3.8) is 0 Å². The maximum Gasteiger partial charge on any atom is 0.420 e. The van der Waals surface area contributed by atoms with Crippen molar-refractivity contribution in [2.45, 2.75) is 13.5 Å². The van der Waals surface area contributed by atoms with Crippen LogP contribution in [0.3, 0.4) is 0 Å². The molecule has 0 atom stereocenters. The summed E-state index contributed by atoms with van der Waals surface area (Å²) in [6.07, 6.45) is 0. The van der Waals surface area contributed by atoms with Crippen molar-refractivity contribution in [1.29, 1.82) is 0 Å². The quantitative estimate of drug-likeness (QED) is 0.382. The molecule has 4 aromatic rings. The lowest BCUT2D eigenvalue weighted by atomic mass is 10.0. The summed E-state index contributed by atoms with van der Waals surface area (Å²) >= 11 is 1.16. The number of fused-ring (bicyclic) bond motifs is 1. The fraction of sp³-hybridized carbons (Fsp3) is 0.167. The van der Waals surface area contributed by atoms with Crippen LogP contribution >= 0.6 is 11.3 Å². The first-order valence-corrected chi connectivity index (χ1v) is 11.2. The molecule has 0 saturated heterocycles. The summed E-state index contributed by atoms with van der Waals surface area (Å²) in [5, 5.41) is 4.65. The van der Waals surface area contributed by atoms with Gasteiger partial charge in [-0.3, -0.25) is 14.2 Å². The van der Waals surface area contributed by atoms with Gasteiger partial charge >= 0.3 is 17.7 Å². The van der Waals surface area contributed by atoms with Gasteiger partial charge in [-0.25, -0.2) is 9.59 Å². The van der Waals surface area contributed by atoms with Crippen molar-refractivity contribution in [3.8, 4) is 11.1 Å². The van der Waals surface area contributed by atoms with Gasteiger partial charge in [-0.05, 0) is 24.6 Å². The van der Waals surface area contributed by atoms with Crippen molar-refractivity contribution in [1.82, 2.24) is 4.57 Å². The van der Waals surface area contributed by atoms with E-state index in [1.54, 1.807) is 36.6 Å². The molecule has 174 valence electrons. The molecule has 0 saturated carbocycles. The van der Waals surface area contributed by atoms with E-state index in [1.165, 1.54) is 0 Å². The van der Waals surface area contributed by atoms with Gasteiger partial charge in [0.15, 0.2) is 12.2 Å². The van der Waals surface area contributed by atoms with Gasteiger partial charge < -0.3 is 19.2 Å². The fourth-order valence-electron chi connectivity index (χ4n) is 3.33. The van der Waals surface area contributed by atoms with Gasteiger partial charge in [0.05, 0.1) is 12.1 Å². The standard InChI is InChI=1S/C24H20N2O7S/c1-2-31-23(29)21-16(15-8-4-3-5-9-15)14-34-22(21)25-19(27)13-32-20(28)12-26-17-10-6-7-11-18(17)33-24(26)30/h3-11,14H,2,12-13H2,1H3,(H,25,27). The zero-order chi connectivity index (χ0) is 24.1. The fourth-order valence-corrected chi connectivity index (χ4v) is 4.31. The largest absolute Gasteiger partial charge is 0.462 e. The second-order valence-corrected chi connectivity index (χ2v) is 7.95. The first-order chi connectivity index (χ1) is 16.5. The predicted octanol–water partition coefficient (Wildman–Crippen LogP) is 3.68. The SMILES string of the molecule is CCOC(=O)c1c(-c2ccccc2)csc1NC(=O)COC(=O)Cn1c(=O)oc2ccccc21. The first-order valence-electron chi connectivity index (χ1n) is 10.4. The highest BCUT2D eigenvalue weighted by molar-refractivity contribution is 7.15. The molecular weight excluding hydrogens is 460 g/mol. The number of hydrogen-bond acceptors (Lipinski definition) is 8. The van der Waals surface area contributed by atoms with E-state index in [2.05, 4.69) is 5.32 Å². The van der Waals surface area contributed by atoms with Gasteiger partial charge in [-0.2, -0.15) is 0 Å². The van der Waals surface area contributed by atoms with Gasteiger partial charge in [0.1, 0.15) is 17.1 Å². The minimum absolute atomic E-state index is 0.177. The summed E-state index contributed by atoms with van der Waals surface area (Å²) in [7, 11) is 0. The van der Waals surface area contributed by atoms with Crippen LogP contribution in [0.15, 0.2) is 69.2 Å². The van der Waals surface area contributed by atoms with Crippen molar-refractivity contribution in [2.75, 3.05) is 18.5 Å². The Bertz CT molecular complexity index is 1400. The van der Waals surface area contributed by atoms with Crippen molar-refractivity contribution < 1.29 is 28.3 Å². The van der Waals surface area contributed by atoms with Crippen LogP contribution in [0.4, 0.5) is 5.00 Å². The average Bonchev–Trinajstić information content (AvgIpc) is 3.39. The van der Waals surface area contributed by atoms with E-state index < -0.39 is 36.8 Å². The lowest BCUT2D eigenvalue weighted by Gasteiger charge is -2.09. The van der Waals surface area contributed by atoms with E-state index in [9.17, 15) is 19.2 Å². The Balaban J connectivity index is 1.44. The number of hydrogen-bond donors (Lipinski definition) is 1. The molecule has 0 bridgehead atoms. The molecule has 0 fully saturated rings. The number of ether oxygens (including phenoxy) is 2. The summed E-state index contributed by atoms with van der Waals surface area (Å²) in [6.45, 7) is 0.868. The third-order valence-electron chi connectivity index (χ3n) is 4.83. The molecule has 0 spiro atoms. The second kappa shape index (κ2) is 10.2. The number of carbonyl (C=O) groups excluding carboxylic acids is 3. The molecule has 34 heavy (non-hydrogen) atoms. The number of rotatable bonds is 8. The van der Waals surface area contributed by atoms with Crippen molar-refractivity contribution in [3.05, 3.63) is 76.1 Å². The monoisotopic (exact) mass is 480 g/mol. The van der Waals surface area contributed by atoms with Crippen LogP contribution < -0.4 is 11.1 Å². The normalized spacial score (nSPS) is 10.7. The summed E-state index contributed by atoms with van der Waals surface area (Å²) in [4.78, 5) is 49.3. The molecule has 0 radical (unpaired) electrons. The molecule has 0 aliphatic carbocycles. The highest BCUT2D eigenvalue weighted by Crippen LogP contribution is 2.36. The van der Waals surface area contributed by atoms with Gasteiger partial charge in [0, 0.05) is 10.9 Å². The van der Waals surface area contributed by atoms with Crippen LogP contribution in [0.5, 0.6) is 0 Å². The number of anilines is 1. The van der Waals surface area contributed by atoms with Crippen LogP contribution in [-0.4, -0.2) is 35.6 Å². The van der Waals surface area contributed by atoms with Crippen LogP contribution in [0.25, 0.3) is 22.2 Å². The lowest BCUT2D eigenvalue weighted by Crippen LogP contribution is -2.26. The number of nitrogens with one attached hydrogen (secondary N) is 1. The molecule has 10 heteroatoms. The van der Waals surface area contributed by atoms with Crippen molar-refractivity contribution >= 4 is 45.3 Å². The molecule has 4 rings (SSSR count). The van der Waals surface area contributed by atoms with Gasteiger partial charge in [0.25, 0.3) is 5.91 Å². The molecule has 9 nitrogen and oxygen atoms in total. The Labute approximate surface area is 197 Å². The van der Waals surface area contributed by atoms with E-state index in [-0.39, 0.29) is 17.2 Å². The van der Waals surface area contributed by atoms with E-state index in [0.29, 0.717) is 16.7 Å². The molecule has 1 N–H and O–H groups in total. The molecule has 2 aromatic carbocycles. The summed E-state index contributed by atoms with van der Waals surface area (Å²) in [6, 6.07) is 15.9. The number of carbonyl (C=O) groups is 3. The number of para-hydroxylation sites is 2. The molecule has 0 aliphatic rings. The second-order valence-electron chi connectivity index (χ2n) is 7.07. The minimum Gasteiger partial charge on any atom is -0.462 e. The number of esters is 2. The van der Waals surface area contributed by atoms with Crippen molar-refractivity contribution in [2.24, 2.45) is 0 Å². The Morgan fingerprint density at radius 1 is 1.03 bits per heavy atom. The summed E-state index contributed by atoms with van der Waals surface area (Å²) in [5.41, 5.74) is 2.44. The van der Waals surface area contributed by atoms with E-state index in [1.807, 2.05) is 30.3 Å². The first kappa shape index (κ1) is 23.0. The Hall–Kier alpha value is -4.18. The number of thiophene rings is 1. The van der Waals surface area contributed by atoms with Gasteiger partial charge in [-0.15, -0.1) is 11.3 Å². The predicted molar refractivity (Wildman–Crippen MR) is 126 cm³/mol. The topological polar surface area (TPSA) is 117 Å².